The molecule has 1 aliphatic heterocycles. The van der Waals surface area contributed by atoms with Crippen LogP contribution in [0.25, 0.3) is 0 Å². The first-order valence-corrected chi connectivity index (χ1v) is 12.3. The SMILES string of the molecule is COC(=NCCCBr)N(C)c1ccc(COc2cc(F)cc(ONC=C3CCOCC3)c2)cc1. The smallest absolute Gasteiger partial charge is 0.291 e. The van der Waals surface area contributed by atoms with E-state index >= 15 is 0 Å². The van der Waals surface area contributed by atoms with Crippen molar-refractivity contribution in [3.8, 4) is 11.5 Å². The van der Waals surface area contributed by atoms with Gasteiger partial charge in [-0.3, -0.25) is 4.90 Å². The first-order valence-electron chi connectivity index (χ1n) is 11.2. The fourth-order valence-corrected chi connectivity index (χ4v) is 3.52. The van der Waals surface area contributed by atoms with Crippen molar-refractivity contribution in [3.05, 3.63) is 65.6 Å². The highest BCUT2D eigenvalue weighted by Gasteiger charge is 2.10. The second-order valence-corrected chi connectivity index (χ2v) is 8.48. The third-order valence-corrected chi connectivity index (χ3v) is 5.72. The van der Waals surface area contributed by atoms with Crippen molar-refractivity contribution < 1.29 is 23.4 Å². The van der Waals surface area contributed by atoms with Gasteiger partial charge in [0.1, 0.15) is 18.2 Å². The van der Waals surface area contributed by atoms with E-state index in [9.17, 15) is 4.39 Å². The number of hydrogen-bond acceptors (Lipinski definition) is 6. The van der Waals surface area contributed by atoms with Gasteiger partial charge >= 0.3 is 0 Å². The lowest BCUT2D eigenvalue weighted by atomic mass is 10.1. The quantitative estimate of drug-likeness (QED) is 0.148. The van der Waals surface area contributed by atoms with Gasteiger partial charge in [-0.25, -0.2) is 14.9 Å². The number of alkyl halides is 1. The van der Waals surface area contributed by atoms with E-state index in [1.807, 2.05) is 36.2 Å². The van der Waals surface area contributed by atoms with E-state index in [-0.39, 0.29) is 0 Å². The molecule has 0 amide bonds. The fourth-order valence-electron chi connectivity index (χ4n) is 3.27. The third-order valence-electron chi connectivity index (χ3n) is 5.16. The first-order chi connectivity index (χ1) is 16.6. The van der Waals surface area contributed by atoms with Gasteiger partial charge in [0.25, 0.3) is 6.02 Å². The molecular weight excluding hydrogens is 505 g/mol. The summed E-state index contributed by atoms with van der Waals surface area (Å²) in [7, 11) is 3.52. The molecule has 1 heterocycles. The minimum Gasteiger partial charge on any atom is -0.489 e. The molecule has 1 saturated heterocycles. The normalized spacial score (nSPS) is 13.9. The number of halogens is 2. The summed E-state index contributed by atoms with van der Waals surface area (Å²) in [5, 5.41) is 0.898. The molecule has 184 valence electrons. The molecule has 0 bridgehead atoms. The second kappa shape index (κ2) is 13.8. The minimum absolute atomic E-state index is 0.293. The van der Waals surface area contributed by atoms with E-state index in [4.69, 9.17) is 19.0 Å². The third kappa shape index (κ3) is 8.22. The topological polar surface area (TPSA) is 64.6 Å². The summed E-state index contributed by atoms with van der Waals surface area (Å²) < 4.78 is 30.6. The van der Waals surface area contributed by atoms with E-state index in [2.05, 4.69) is 26.4 Å². The zero-order valence-electron chi connectivity index (χ0n) is 19.6. The molecule has 0 aliphatic carbocycles. The molecule has 3 rings (SSSR count). The maximum atomic E-state index is 14.0. The van der Waals surface area contributed by atoms with Crippen LogP contribution in [0.15, 0.2) is 59.2 Å². The number of hydrogen-bond donors (Lipinski definition) is 1. The molecule has 9 heteroatoms. The molecule has 0 radical (unpaired) electrons. The van der Waals surface area contributed by atoms with Gasteiger partial charge in [0.2, 0.25) is 0 Å². The number of methoxy groups -OCH3 is 1. The number of ether oxygens (including phenoxy) is 3. The maximum absolute atomic E-state index is 14.0. The largest absolute Gasteiger partial charge is 0.489 e. The van der Waals surface area contributed by atoms with Crippen LogP contribution in [-0.2, 0) is 16.1 Å². The fraction of sp³-hybridized carbons (Fsp3) is 0.400. The van der Waals surface area contributed by atoms with Crippen molar-refractivity contribution in [3.63, 3.8) is 0 Å². The molecule has 1 N–H and O–H groups in total. The molecule has 2 aromatic carbocycles. The van der Waals surface area contributed by atoms with Crippen molar-refractivity contribution in [2.75, 3.05) is 44.1 Å². The van der Waals surface area contributed by atoms with Gasteiger partial charge in [-0.2, -0.15) is 0 Å². The van der Waals surface area contributed by atoms with E-state index in [1.165, 1.54) is 17.7 Å². The number of rotatable bonds is 10. The predicted molar refractivity (Wildman–Crippen MR) is 135 cm³/mol. The van der Waals surface area contributed by atoms with Crippen LogP contribution in [0.3, 0.4) is 0 Å². The maximum Gasteiger partial charge on any atom is 0.291 e. The summed E-state index contributed by atoms with van der Waals surface area (Å²) in [4.78, 5) is 11.8. The van der Waals surface area contributed by atoms with Gasteiger partial charge in [0, 0.05) is 49.0 Å². The van der Waals surface area contributed by atoms with Crippen LogP contribution in [0.4, 0.5) is 10.1 Å². The summed E-state index contributed by atoms with van der Waals surface area (Å²) in [5.41, 5.74) is 5.87. The van der Waals surface area contributed by atoms with Crippen LogP contribution >= 0.6 is 15.9 Å². The molecule has 34 heavy (non-hydrogen) atoms. The number of amidine groups is 1. The zero-order valence-corrected chi connectivity index (χ0v) is 21.1. The van der Waals surface area contributed by atoms with Crippen LogP contribution in [0.5, 0.6) is 11.5 Å². The molecular formula is C25H31BrFN3O4. The Morgan fingerprint density at radius 1 is 1.18 bits per heavy atom. The zero-order chi connectivity index (χ0) is 24.2. The van der Waals surface area contributed by atoms with Gasteiger partial charge in [-0.15, -0.1) is 0 Å². The lowest BCUT2D eigenvalue weighted by Crippen LogP contribution is -2.28. The molecule has 0 aromatic heterocycles. The highest BCUT2D eigenvalue weighted by molar-refractivity contribution is 9.09. The summed E-state index contributed by atoms with van der Waals surface area (Å²) in [6.07, 6.45) is 4.46. The van der Waals surface area contributed by atoms with Crippen molar-refractivity contribution >= 4 is 27.6 Å². The van der Waals surface area contributed by atoms with Gasteiger partial charge in [0.15, 0.2) is 5.75 Å². The summed E-state index contributed by atoms with van der Waals surface area (Å²) in [6, 6.07) is 12.7. The molecule has 0 spiro atoms. The molecule has 0 unspecified atom stereocenters. The Labute approximate surface area is 208 Å². The number of nitrogens with zero attached hydrogens (tertiary/aromatic N) is 2. The first kappa shape index (κ1) is 25.8. The van der Waals surface area contributed by atoms with E-state index in [0.717, 1.165) is 35.8 Å². The lowest BCUT2D eigenvalue weighted by Gasteiger charge is -2.20. The number of hydroxylamine groups is 1. The summed E-state index contributed by atoms with van der Waals surface area (Å²) in [6.45, 7) is 2.40. The van der Waals surface area contributed by atoms with Crippen LogP contribution < -0.4 is 20.0 Å². The van der Waals surface area contributed by atoms with Crippen LogP contribution in [-0.4, -0.2) is 45.3 Å². The minimum atomic E-state index is -0.434. The van der Waals surface area contributed by atoms with E-state index in [1.54, 1.807) is 19.4 Å². The van der Waals surface area contributed by atoms with E-state index < -0.39 is 5.82 Å². The van der Waals surface area contributed by atoms with Crippen molar-refractivity contribution in [1.29, 1.82) is 0 Å². The van der Waals surface area contributed by atoms with Gasteiger partial charge in [0.05, 0.1) is 20.3 Å². The molecule has 7 nitrogen and oxygen atoms in total. The Morgan fingerprint density at radius 3 is 2.62 bits per heavy atom. The van der Waals surface area contributed by atoms with Gasteiger partial charge in [-0.1, -0.05) is 28.1 Å². The van der Waals surface area contributed by atoms with Crippen molar-refractivity contribution in [1.82, 2.24) is 5.48 Å². The summed E-state index contributed by atoms with van der Waals surface area (Å²) >= 11 is 3.40. The standard InChI is InChI=1S/C25H31BrFN3O4/c1-30(25(31-2)28-11-3-10-26)22-6-4-20(5-7-22)18-33-23-14-21(27)15-24(16-23)34-29-17-19-8-12-32-13-9-19/h4-7,14-17,29H,3,8-13,18H2,1-2H3. The Balaban J connectivity index is 1.55. The van der Waals surface area contributed by atoms with Crippen molar-refractivity contribution in [2.45, 2.75) is 25.9 Å². The van der Waals surface area contributed by atoms with Crippen molar-refractivity contribution in [2.24, 2.45) is 4.99 Å². The Kier molecular flexibility index (Phi) is 10.5. The number of benzene rings is 2. The summed E-state index contributed by atoms with van der Waals surface area (Å²) in [5.74, 6) is 0.288. The number of aliphatic imine (C=N–C) groups is 1. The van der Waals surface area contributed by atoms with Crippen LogP contribution in [0, 0.1) is 5.82 Å². The second-order valence-electron chi connectivity index (χ2n) is 7.68. The molecule has 1 aliphatic rings. The van der Waals surface area contributed by atoms with Crippen LogP contribution in [0.1, 0.15) is 24.8 Å². The number of nitrogens with one attached hydrogen (secondary N) is 1. The van der Waals surface area contributed by atoms with Gasteiger partial charge < -0.3 is 19.0 Å². The lowest BCUT2D eigenvalue weighted by molar-refractivity contribution is 0.117. The Bertz CT molecular complexity index is 961. The van der Waals surface area contributed by atoms with Gasteiger partial charge in [-0.05, 0) is 42.5 Å². The molecule has 0 atom stereocenters. The van der Waals surface area contributed by atoms with E-state index in [0.29, 0.717) is 43.9 Å². The highest BCUT2D eigenvalue weighted by atomic mass is 79.9. The highest BCUT2D eigenvalue weighted by Crippen LogP contribution is 2.23. The Hall–Kier alpha value is -2.78. The monoisotopic (exact) mass is 535 g/mol. The predicted octanol–water partition coefficient (Wildman–Crippen LogP) is 5.21. The molecule has 0 saturated carbocycles. The molecule has 1 fully saturated rings. The average Bonchev–Trinajstić information content (AvgIpc) is 2.86. The molecule has 2 aromatic rings. The average molecular weight is 536 g/mol. The number of anilines is 1. The Morgan fingerprint density at radius 2 is 1.91 bits per heavy atom. The van der Waals surface area contributed by atoms with Crippen LogP contribution in [0.2, 0.25) is 0 Å².